The van der Waals surface area contributed by atoms with E-state index in [4.69, 9.17) is 10.2 Å². The lowest BCUT2D eigenvalue weighted by Gasteiger charge is -2.21. The van der Waals surface area contributed by atoms with Gasteiger partial charge in [0.25, 0.3) is 0 Å². The number of rotatable bonds is 6. The number of hydrogen-bond acceptors (Lipinski definition) is 4. The fourth-order valence-corrected chi connectivity index (χ4v) is 0.839. The van der Waals surface area contributed by atoms with E-state index in [1.165, 1.54) is 0 Å². The Hall–Kier alpha value is -1.14. The molecule has 13 heavy (non-hydrogen) atoms. The highest BCUT2D eigenvalue weighted by Crippen LogP contribution is 1.86. The fourth-order valence-electron chi connectivity index (χ4n) is 0.839. The van der Waals surface area contributed by atoms with Crippen molar-refractivity contribution >= 4 is 11.9 Å². The summed E-state index contributed by atoms with van der Waals surface area (Å²) in [5.74, 6) is -2.12. The van der Waals surface area contributed by atoms with Gasteiger partial charge in [0.05, 0.1) is 0 Å². The van der Waals surface area contributed by atoms with Crippen LogP contribution >= 0.6 is 0 Å². The van der Waals surface area contributed by atoms with Gasteiger partial charge in [-0.15, -0.1) is 0 Å². The fraction of sp³-hybridized carbons (Fsp3) is 0.714. The van der Waals surface area contributed by atoms with E-state index in [9.17, 15) is 9.59 Å². The van der Waals surface area contributed by atoms with Gasteiger partial charge in [-0.3, -0.25) is 15.0 Å². The van der Waals surface area contributed by atoms with Crippen LogP contribution in [-0.4, -0.2) is 46.3 Å². The molecule has 0 rings (SSSR count). The maximum Gasteiger partial charge on any atom is 0.319 e. The lowest BCUT2D eigenvalue weighted by atomic mass is 10.4. The first kappa shape index (κ1) is 11.9. The minimum Gasteiger partial charge on any atom is -0.480 e. The smallest absolute Gasteiger partial charge is 0.319 e. The number of carbonyl (C=O) groups is 2. The highest BCUT2D eigenvalue weighted by Gasteiger charge is 2.13. The van der Waals surface area contributed by atoms with Gasteiger partial charge in [0.2, 0.25) is 0 Å². The summed E-state index contributed by atoms with van der Waals surface area (Å²) in [7, 11) is 0. The van der Waals surface area contributed by atoms with Crippen molar-refractivity contribution in [2.24, 2.45) is 0 Å². The third-order valence-corrected chi connectivity index (χ3v) is 1.09. The predicted molar refractivity (Wildman–Crippen MR) is 45.1 cm³/mol. The first-order valence-corrected chi connectivity index (χ1v) is 3.86. The molecule has 0 aromatic rings. The lowest BCUT2D eigenvalue weighted by Crippen LogP contribution is -2.47. The molecule has 0 heterocycles. The van der Waals surface area contributed by atoms with E-state index in [0.29, 0.717) is 0 Å². The Bertz CT molecular complexity index is 177. The standard InChI is InChI=1S/C7H14N2O4/c1-5(2)8-9(3-6(10)11)4-7(12)13/h5,8H,3-4H2,1-2H3,(H,10,11)(H,12,13). The Labute approximate surface area is 76.1 Å². The van der Waals surface area contributed by atoms with Crippen LogP contribution in [0.1, 0.15) is 13.8 Å². The Morgan fingerprint density at radius 3 is 1.85 bits per heavy atom. The van der Waals surface area contributed by atoms with Crippen molar-refractivity contribution in [3.05, 3.63) is 0 Å². The van der Waals surface area contributed by atoms with Crippen molar-refractivity contribution in [3.63, 3.8) is 0 Å². The van der Waals surface area contributed by atoms with E-state index >= 15 is 0 Å². The Balaban J connectivity index is 4.02. The number of carboxylic acids is 2. The summed E-state index contributed by atoms with van der Waals surface area (Å²) < 4.78 is 0. The Kier molecular flexibility index (Phi) is 5.01. The van der Waals surface area contributed by atoms with Crippen molar-refractivity contribution in [1.82, 2.24) is 10.4 Å². The van der Waals surface area contributed by atoms with E-state index in [0.717, 1.165) is 5.01 Å². The van der Waals surface area contributed by atoms with Crippen LogP contribution in [0.5, 0.6) is 0 Å². The maximum absolute atomic E-state index is 10.3. The third-order valence-electron chi connectivity index (χ3n) is 1.09. The third kappa shape index (κ3) is 7.23. The molecule has 0 aliphatic carbocycles. The Morgan fingerprint density at radius 2 is 1.62 bits per heavy atom. The summed E-state index contributed by atoms with van der Waals surface area (Å²) >= 11 is 0. The number of carboxylic acid groups (broad SMARTS) is 2. The average molecular weight is 190 g/mol. The van der Waals surface area contributed by atoms with E-state index in [1.807, 2.05) is 0 Å². The van der Waals surface area contributed by atoms with Crippen molar-refractivity contribution in [2.75, 3.05) is 13.1 Å². The molecule has 0 aromatic carbocycles. The number of aliphatic carboxylic acids is 2. The molecule has 0 amide bonds. The van der Waals surface area contributed by atoms with Crippen LogP contribution in [-0.2, 0) is 9.59 Å². The number of hydrazine groups is 1. The molecule has 0 saturated carbocycles. The van der Waals surface area contributed by atoms with Gasteiger partial charge < -0.3 is 10.2 Å². The molecule has 6 heteroatoms. The molecule has 76 valence electrons. The zero-order valence-corrected chi connectivity index (χ0v) is 7.65. The first-order valence-electron chi connectivity index (χ1n) is 3.86. The van der Waals surface area contributed by atoms with Crippen LogP contribution in [0, 0.1) is 0 Å². The van der Waals surface area contributed by atoms with Gasteiger partial charge in [-0.25, -0.2) is 5.01 Å². The molecule has 0 aromatic heterocycles. The van der Waals surface area contributed by atoms with Crippen LogP contribution in [0.25, 0.3) is 0 Å². The summed E-state index contributed by atoms with van der Waals surface area (Å²) in [5.41, 5.74) is 2.71. The largest absolute Gasteiger partial charge is 0.480 e. The molecule has 0 unspecified atom stereocenters. The van der Waals surface area contributed by atoms with E-state index in [2.05, 4.69) is 5.43 Å². The van der Waals surface area contributed by atoms with Gasteiger partial charge in [-0.1, -0.05) is 0 Å². The zero-order valence-electron chi connectivity index (χ0n) is 7.65. The molecule has 0 radical (unpaired) electrons. The molecule has 0 atom stereocenters. The quantitative estimate of drug-likeness (QED) is 0.483. The minimum atomic E-state index is -1.06. The van der Waals surface area contributed by atoms with E-state index < -0.39 is 11.9 Å². The van der Waals surface area contributed by atoms with Crippen molar-refractivity contribution in [2.45, 2.75) is 19.9 Å². The molecule has 0 aliphatic rings. The van der Waals surface area contributed by atoms with Gasteiger partial charge in [0.1, 0.15) is 13.1 Å². The van der Waals surface area contributed by atoms with Gasteiger partial charge in [-0.05, 0) is 13.8 Å². The summed E-state index contributed by atoms with van der Waals surface area (Å²) in [6.07, 6.45) is 0. The first-order chi connectivity index (χ1) is 5.91. The molecule has 0 fully saturated rings. The zero-order chi connectivity index (χ0) is 10.4. The van der Waals surface area contributed by atoms with Crippen LogP contribution in [0.2, 0.25) is 0 Å². The van der Waals surface area contributed by atoms with E-state index in [1.54, 1.807) is 13.8 Å². The van der Waals surface area contributed by atoms with Crippen LogP contribution in [0.3, 0.4) is 0 Å². The highest BCUT2D eigenvalue weighted by molar-refractivity contribution is 5.72. The maximum atomic E-state index is 10.3. The second kappa shape index (κ2) is 5.50. The summed E-state index contributed by atoms with van der Waals surface area (Å²) in [6.45, 7) is 2.95. The van der Waals surface area contributed by atoms with Crippen LogP contribution < -0.4 is 5.43 Å². The van der Waals surface area contributed by atoms with Gasteiger partial charge >= 0.3 is 11.9 Å². The van der Waals surface area contributed by atoms with Crippen molar-refractivity contribution < 1.29 is 19.8 Å². The Morgan fingerprint density at radius 1 is 1.23 bits per heavy atom. The van der Waals surface area contributed by atoms with Gasteiger partial charge in [0, 0.05) is 6.04 Å². The number of nitrogens with one attached hydrogen (secondary N) is 1. The molecular weight excluding hydrogens is 176 g/mol. The van der Waals surface area contributed by atoms with Crippen LogP contribution in [0.4, 0.5) is 0 Å². The molecule has 0 spiro atoms. The molecule has 0 saturated heterocycles. The number of nitrogens with zero attached hydrogens (tertiary/aromatic N) is 1. The second-order valence-electron chi connectivity index (χ2n) is 2.93. The second-order valence-corrected chi connectivity index (χ2v) is 2.93. The SMILES string of the molecule is CC(C)NN(CC(=O)O)CC(=O)O. The monoisotopic (exact) mass is 190 g/mol. The summed E-state index contributed by atoms with van der Waals surface area (Å²) in [6, 6.07) is 0.0127. The normalized spacial score (nSPS) is 10.8. The lowest BCUT2D eigenvalue weighted by molar-refractivity contribution is -0.143. The van der Waals surface area contributed by atoms with Gasteiger partial charge in [0.15, 0.2) is 0 Å². The van der Waals surface area contributed by atoms with Crippen LogP contribution in [0.15, 0.2) is 0 Å². The topological polar surface area (TPSA) is 89.9 Å². The molecule has 3 N–H and O–H groups in total. The molecule has 0 bridgehead atoms. The van der Waals surface area contributed by atoms with Crippen molar-refractivity contribution in [3.8, 4) is 0 Å². The molecular formula is C7H14N2O4. The molecule has 0 aliphatic heterocycles. The number of hydrogen-bond donors (Lipinski definition) is 3. The van der Waals surface area contributed by atoms with Gasteiger partial charge in [-0.2, -0.15) is 0 Å². The highest BCUT2D eigenvalue weighted by atomic mass is 16.4. The molecule has 6 nitrogen and oxygen atoms in total. The van der Waals surface area contributed by atoms with E-state index in [-0.39, 0.29) is 19.1 Å². The summed E-state index contributed by atoms with van der Waals surface area (Å²) in [5, 5.41) is 18.0. The van der Waals surface area contributed by atoms with Crippen molar-refractivity contribution in [1.29, 1.82) is 0 Å². The minimum absolute atomic E-state index is 0.0127. The summed E-state index contributed by atoms with van der Waals surface area (Å²) in [4.78, 5) is 20.6. The average Bonchev–Trinajstić information content (AvgIpc) is 1.80. The predicted octanol–water partition coefficient (Wildman–Crippen LogP) is -0.629.